The maximum atomic E-state index is 12.6. The van der Waals surface area contributed by atoms with Gasteiger partial charge in [0.2, 0.25) is 5.91 Å². The van der Waals surface area contributed by atoms with E-state index in [4.69, 9.17) is 11.6 Å². The number of rotatable bonds is 5. The van der Waals surface area contributed by atoms with Gasteiger partial charge in [0, 0.05) is 43.5 Å². The fraction of sp³-hybridized carbons (Fsp3) is 0.316. The van der Waals surface area contributed by atoms with Gasteiger partial charge in [-0.05, 0) is 31.0 Å². The number of carbonyl (C=O) groups is 1. The molecule has 0 bridgehead atoms. The molecule has 1 aliphatic rings. The SMILES string of the molecule is O=C(NCc1cccnc1-n1cncn1)C1CCN(c2ccc(Cl)cn2)CC1. The van der Waals surface area contributed by atoms with Crippen molar-refractivity contribution in [3.63, 3.8) is 0 Å². The minimum atomic E-state index is -0.00459. The lowest BCUT2D eigenvalue weighted by Crippen LogP contribution is -2.40. The van der Waals surface area contributed by atoms with E-state index in [0.717, 1.165) is 37.3 Å². The van der Waals surface area contributed by atoms with Crippen LogP contribution in [-0.2, 0) is 11.3 Å². The van der Waals surface area contributed by atoms with Gasteiger partial charge in [0.1, 0.15) is 18.5 Å². The molecule has 0 spiro atoms. The van der Waals surface area contributed by atoms with E-state index in [-0.39, 0.29) is 11.8 Å². The van der Waals surface area contributed by atoms with Crippen molar-refractivity contribution in [1.82, 2.24) is 30.0 Å². The van der Waals surface area contributed by atoms with Crippen molar-refractivity contribution in [1.29, 1.82) is 0 Å². The summed E-state index contributed by atoms with van der Waals surface area (Å²) in [6, 6.07) is 7.53. The average Bonchev–Trinajstić information content (AvgIpc) is 3.28. The van der Waals surface area contributed by atoms with E-state index in [1.165, 1.54) is 6.33 Å². The number of carbonyl (C=O) groups excluding carboxylic acids is 1. The van der Waals surface area contributed by atoms with Crippen molar-refractivity contribution in [2.75, 3.05) is 18.0 Å². The van der Waals surface area contributed by atoms with Crippen LogP contribution < -0.4 is 10.2 Å². The van der Waals surface area contributed by atoms with E-state index < -0.39 is 0 Å². The van der Waals surface area contributed by atoms with Gasteiger partial charge < -0.3 is 10.2 Å². The van der Waals surface area contributed by atoms with E-state index in [9.17, 15) is 4.79 Å². The van der Waals surface area contributed by atoms with Gasteiger partial charge in [0.15, 0.2) is 5.82 Å². The van der Waals surface area contributed by atoms with E-state index in [0.29, 0.717) is 17.4 Å². The van der Waals surface area contributed by atoms with Crippen molar-refractivity contribution >= 4 is 23.3 Å². The smallest absolute Gasteiger partial charge is 0.223 e. The molecule has 8 nitrogen and oxygen atoms in total. The summed E-state index contributed by atoms with van der Waals surface area (Å²) in [6.45, 7) is 1.99. The van der Waals surface area contributed by atoms with Crippen LogP contribution in [0.4, 0.5) is 5.82 Å². The number of piperidine rings is 1. The first kappa shape index (κ1) is 18.4. The molecule has 4 rings (SSSR count). The van der Waals surface area contributed by atoms with Crippen LogP contribution in [0, 0.1) is 5.92 Å². The van der Waals surface area contributed by atoms with Crippen LogP contribution in [0.5, 0.6) is 0 Å². The van der Waals surface area contributed by atoms with E-state index in [1.54, 1.807) is 23.4 Å². The summed E-state index contributed by atoms with van der Waals surface area (Å²) in [6.07, 6.45) is 7.98. The molecule has 1 amide bonds. The molecule has 3 aromatic heterocycles. The summed E-state index contributed by atoms with van der Waals surface area (Å²) in [4.78, 5) is 27.5. The average molecular weight is 398 g/mol. The lowest BCUT2D eigenvalue weighted by molar-refractivity contribution is -0.125. The molecule has 0 aliphatic carbocycles. The van der Waals surface area contributed by atoms with Crippen molar-refractivity contribution in [3.8, 4) is 5.82 Å². The van der Waals surface area contributed by atoms with Crippen molar-refractivity contribution in [3.05, 3.63) is 59.9 Å². The fourth-order valence-corrected chi connectivity index (χ4v) is 3.46. The number of amides is 1. The highest BCUT2D eigenvalue weighted by atomic mass is 35.5. The molecule has 1 N–H and O–H groups in total. The molecule has 0 atom stereocenters. The molecule has 1 aliphatic heterocycles. The van der Waals surface area contributed by atoms with Gasteiger partial charge in [-0.2, -0.15) is 5.10 Å². The number of hydrogen-bond donors (Lipinski definition) is 1. The Morgan fingerprint density at radius 3 is 2.79 bits per heavy atom. The number of anilines is 1. The summed E-state index contributed by atoms with van der Waals surface area (Å²) in [5, 5.41) is 7.78. The van der Waals surface area contributed by atoms with Crippen LogP contribution in [-0.4, -0.2) is 43.7 Å². The quantitative estimate of drug-likeness (QED) is 0.710. The van der Waals surface area contributed by atoms with Crippen LogP contribution in [0.1, 0.15) is 18.4 Å². The highest BCUT2D eigenvalue weighted by molar-refractivity contribution is 6.30. The minimum absolute atomic E-state index is 0.00459. The van der Waals surface area contributed by atoms with Gasteiger partial charge in [-0.1, -0.05) is 17.7 Å². The largest absolute Gasteiger partial charge is 0.357 e. The standard InChI is InChI=1S/C19H20ClN7O/c20-16-3-4-17(23-11-16)26-8-5-14(6-9-26)19(28)24-10-15-2-1-7-22-18(15)27-13-21-12-25-27/h1-4,7,11-14H,5-6,8-10H2,(H,24,28). The molecule has 1 fully saturated rings. The number of nitrogens with zero attached hydrogens (tertiary/aromatic N) is 6. The molecule has 9 heteroatoms. The zero-order chi connectivity index (χ0) is 19.3. The summed E-state index contributed by atoms with van der Waals surface area (Å²) in [7, 11) is 0. The van der Waals surface area contributed by atoms with Crippen LogP contribution in [0.3, 0.4) is 0 Å². The molecule has 4 heterocycles. The van der Waals surface area contributed by atoms with E-state index in [1.807, 2.05) is 24.3 Å². The molecule has 0 saturated carbocycles. The normalized spacial score (nSPS) is 14.8. The Balaban J connectivity index is 1.33. The maximum Gasteiger partial charge on any atom is 0.223 e. The topological polar surface area (TPSA) is 88.8 Å². The summed E-state index contributed by atoms with van der Waals surface area (Å²) < 4.78 is 1.60. The number of halogens is 1. The molecule has 144 valence electrons. The molecule has 1 saturated heterocycles. The van der Waals surface area contributed by atoms with Crippen LogP contribution >= 0.6 is 11.6 Å². The van der Waals surface area contributed by atoms with Crippen LogP contribution in [0.25, 0.3) is 5.82 Å². The van der Waals surface area contributed by atoms with Gasteiger partial charge in [-0.25, -0.2) is 19.6 Å². The van der Waals surface area contributed by atoms with Gasteiger partial charge >= 0.3 is 0 Å². The second-order valence-electron chi connectivity index (χ2n) is 6.64. The van der Waals surface area contributed by atoms with Gasteiger partial charge in [0.05, 0.1) is 5.02 Å². The Hall–Kier alpha value is -3.00. The number of hydrogen-bond acceptors (Lipinski definition) is 6. The molecule has 0 unspecified atom stereocenters. The Bertz CT molecular complexity index is 922. The molecule has 3 aromatic rings. The number of pyridine rings is 2. The number of nitrogens with one attached hydrogen (secondary N) is 1. The maximum absolute atomic E-state index is 12.6. The lowest BCUT2D eigenvalue weighted by Gasteiger charge is -2.32. The highest BCUT2D eigenvalue weighted by Gasteiger charge is 2.25. The predicted molar refractivity (Wildman–Crippen MR) is 105 cm³/mol. The minimum Gasteiger partial charge on any atom is -0.357 e. The third-order valence-corrected chi connectivity index (χ3v) is 5.08. The number of aromatic nitrogens is 5. The third kappa shape index (κ3) is 4.12. The predicted octanol–water partition coefficient (Wildman–Crippen LogP) is 2.24. The molecular formula is C19H20ClN7O. The van der Waals surface area contributed by atoms with Crippen molar-refractivity contribution in [2.24, 2.45) is 5.92 Å². The van der Waals surface area contributed by atoms with E-state index in [2.05, 4.69) is 30.3 Å². The lowest BCUT2D eigenvalue weighted by atomic mass is 9.96. The first-order chi connectivity index (χ1) is 13.7. The zero-order valence-electron chi connectivity index (χ0n) is 15.2. The molecule has 0 aromatic carbocycles. The fourth-order valence-electron chi connectivity index (χ4n) is 3.34. The zero-order valence-corrected chi connectivity index (χ0v) is 16.0. The second kappa shape index (κ2) is 8.35. The van der Waals surface area contributed by atoms with Gasteiger partial charge in [-0.15, -0.1) is 0 Å². The highest BCUT2D eigenvalue weighted by Crippen LogP contribution is 2.23. The van der Waals surface area contributed by atoms with Crippen LogP contribution in [0.15, 0.2) is 49.3 Å². The first-order valence-electron chi connectivity index (χ1n) is 9.14. The Kier molecular flexibility index (Phi) is 5.48. The van der Waals surface area contributed by atoms with Crippen molar-refractivity contribution in [2.45, 2.75) is 19.4 Å². The molecule has 0 radical (unpaired) electrons. The first-order valence-corrected chi connectivity index (χ1v) is 9.51. The van der Waals surface area contributed by atoms with E-state index >= 15 is 0 Å². The summed E-state index contributed by atoms with van der Waals surface area (Å²) in [5.74, 6) is 1.63. The van der Waals surface area contributed by atoms with Crippen molar-refractivity contribution < 1.29 is 4.79 Å². The summed E-state index contributed by atoms with van der Waals surface area (Å²) >= 11 is 5.90. The monoisotopic (exact) mass is 397 g/mol. The third-order valence-electron chi connectivity index (χ3n) is 4.86. The summed E-state index contributed by atoms with van der Waals surface area (Å²) in [5.41, 5.74) is 0.893. The second-order valence-corrected chi connectivity index (χ2v) is 7.08. The van der Waals surface area contributed by atoms with Gasteiger partial charge in [0.25, 0.3) is 0 Å². The van der Waals surface area contributed by atoms with Gasteiger partial charge in [-0.3, -0.25) is 4.79 Å². The molecular weight excluding hydrogens is 378 g/mol. The Morgan fingerprint density at radius 2 is 2.07 bits per heavy atom. The van der Waals surface area contributed by atoms with Crippen LogP contribution in [0.2, 0.25) is 5.02 Å². The molecule has 28 heavy (non-hydrogen) atoms. The Labute approximate surface area is 167 Å². The Morgan fingerprint density at radius 1 is 1.21 bits per heavy atom.